The molecule has 0 aliphatic carbocycles. The monoisotopic (exact) mass is 396 g/mol. The molecular formula is C20H20N4O5. The molecular weight excluding hydrogens is 376 g/mol. The summed E-state index contributed by atoms with van der Waals surface area (Å²) < 4.78 is 13.0. The van der Waals surface area contributed by atoms with E-state index in [1.165, 1.54) is 10.8 Å². The molecule has 1 aliphatic heterocycles. The Balaban J connectivity index is 1.80. The summed E-state index contributed by atoms with van der Waals surface area (Å²) in [5.74, 6) is 0.857. The lowest BCUT2D eigenvalue weighted by molar-refractivity contribution is -0.122. The number of fused-ring (bicyclic) bond motifs is 2. The number of amides is 1. The van der Waals surface area contributed by atoms with E-state index in [0.29, 0.717) is 22.6 Å². The summed E-state index contributed by atoms with van der Waals surface area (Å²) in [5.41, 5.74) is 0.0614. The number of aromatic nitrogens is 3. The molecule has 1 amide bonds. The molecule has 3 heterocycles. The smallest absolute Gasteiger partial charge is 0.332 e. The number of benzene rings is 1. The number of pyridine rings is 1. The molecule has 2 aromatic heterocycles. The summed E-state index contributed by atoms with van der Waals surface area (Å²) in [6.45, 7) is 3.62. The molecule has 0 unspecified atom stereocenters. The molecule has 0 atom stereocenters. The minimum atomic E-state index is -0.577. The molecule has 1 aliphatic rings. The Morgan fingerprint density at radius 2 is 1.97 bits per heavy atom. The van der Waals surface area contributed by atoms with Crippen LogP contribution in [-0.4, -0.2) is 32.9 Å². The third kappa shape index (κ3) is 3.58. The molecule has 0 radical (unpaired) electrons. The van der Waals surface area contributed by atoms with Gasteiger partial charge in [0.2, 0.25) is 12.7 Å². The number of rotatable bonds is 5. The Morgan fingerprint density at radius 3 is 2.76 bits per heavy atom. The first-order valence-corrected chi connectivity index (χ1v) is 9.20. The highest BCUT2D eigenvalue weighted by Gasteiger charge is 2.18. The number of carbonyl (C=O) groups excluding carboxylic acids is 1. The van der Waals surface area contributed by atoms with Crippen molar-refractivity contribution in [2.24, 2.45) is 0 Å². The number of carbonyl (C=O) groups is 1. The second-order valence-electron chi connectivity index (χ2n) is 7.04. The first kappa shape index (κ1) is 18.7. The molecule has 0 spiro atoms. The Morgan fingerprint density at radius 1 is 1.17 bits per heavy atom. The molecule has 0 bridgehead atoms. The molecule has 0 saturated heterocycles. The SMILES string of the molecule is CC(C)NC(=O)Cn1c(=O)n(Cc2ccc3c(c2)OCO3)c(=O)c2ncccc21. The molecule has 150 valence electrons. The number of nitrogens with zero attached hydrogens (tertiary/aromatic N) is 3. The Bertz CT molecular complexity index is 1210. The van der Waals surface area contributed by atoms with Crippen LogP contribution in [0.5, 0.6) is 11.5 Å². The van der Waals surface area contributed by atoms with Crippen LogP contribution in [0.4, 0.5) is 0 Å². The Kier molecular flexibility index (Phi) is 4.79. The van der Waals surface area contributed by atoms with Gasteiger partial charge in [0.15, 0.2) is 17.0 Å². The second kappa shape index (κ2) is 7.42. The van der Waals surface area contributed by atoms with E-state index in [-0.39, 0.29) is 37.3 Å². The maximum absolute atomic E-state index is 13.1. The topological polar surface area (TPSA) is 104 Å². The normalized spacial score (nSPS) is 12.5. The van der Waals surface area contributed by atoms with Crippen LogP contribution in [0.15, 0.2) is 46.1 Å². The molecule has 0 saturated carbocycles. The molecule has 29 heavy (non-hydrogen) atoms. The minimum absolute atomic E-state index is 0.0205. The van der Waals surface area contributed by atoms with Gasteiger partial charge in [-0.25, -0.2) is 9.78 Å². The van der Waals surface area contributed by atoms with Crippen LogP contribution < -0.4 is 26.0 Å². The highest BCUT2D eigenvalue weighted by atomic mass is 16.7. The minimum Gasteiger partial charge on any atom is -0.454 e. The lowest BCUT2D eigenvalue weighted by Crippen LogP contribution is -2.43. The summed E-state index contributed by atoms with van der Waals surface area (Å²) in [6.07, 6.45) is 1.48. The fraction of sp³-hybridized carbons (Fsp3) is 0.300. The van der Waals surface area contributed by atoms with E-state index >= 15 is 0 Å². The maximum Gasteiger partial charge on any atom is 0.332 e. The van der Waals surface area contributed by atoms with Gasteiger partial charge in [-0.3, -0.25) is 18.7 Å². The molecule has 9 nitrogen and oxygen atoms in total. The van der Waals surface area contributed by atoms with Crippen molar-refractivity contribution >= 4 is 16.9 Å². The van der Waals surface area contributed by atoms with E-state index in [9.17, 15) is 14.4 Å². The largest absolute Gasteiger partial charge is 0.454 e. The third-order valence-corrected chi connectivity index (χ3v) is 4.52. The fourth-order valence-corrected chi connectivity index (χ4v) is 3.27. The number of nitrogens with one attached hydrogen (secondary N) is 1. The van der Waals surface area contributed by atoms with Crippen LogP contribution in [-0.2, 0) is 17.9 Å². The van der Waals surface area contributed by atoms with Crippen molar-refractivity contribution in [3.05, 3.63) is 62.9 Å². The predicted octanol–water partition coefficient (Wildman–Crippen LogP) is 0.860. The van der Waals surface area contributed by atoms with Gasteiger partial charge in [-0.05, 0) is 43.7 Å². The van der Waals surface area contributed by atoms with Crippen molar-refractivity contribution in [1.82, 2.24) is 19.4 Å². The third-order valence-electron chi connectivity index (χ3n) is 4.52. The Labute approximate surface area is 165 Å². The second-order valence-corrected chi connectivity index (χ2v) is 7.04. The van der Waals surface area contributed by atoms with Crippen LogP contribution in [0, 0.1) is 0 Å². The maximum atomic E-state index is 13.1. The van der Waals surface area contributed by atoms with E-state index < -0.39 is 11.2 Å². The van der Waals surface area contributed by atoms with Crippen LogP contribution in [0.3, 0.4) is 0 Å². The van der Waals surface area contributed by atoms with Crippen LogP contribution in [0.1, 0.15) is 19.4 Å². The fourth-order valence-electron chi connectivity index (χ4n) is 3.27. The van der Waals surface area contributed by atoms with Crippen molar-refractivity contribution < 1.29 is 14.3 Å². The summed E-state index contributed by atoms with van der Waals surface area (Å²) >= 11 is 0. The average molecular weight is 396 g/mol. The highest BCUT2D eigenvalue weighted by Crippen LogP contribution is 2.32. The standard InChI is InChI=1S/C20H20N4O5/c1-12(2)22-17(25)10-23-14-4-3-7-21-18(14)19(26)24(20(23)27)9-13-5-6-15-16(8-13)29-11-28-15/h3-8,12H,9-11H2,1-2H3,(H,22,25). The average Bonchev–Trinajstić information content (AvgIpc) is 3.16. The van der Waals surface area contributed by atoms with E-state index in [4.69, 9.17) is 9.47 Å². The number of hydrogen-bond donors (Lipinski definition) is 1. The van der Waals surface area contributed by atoms with Gasteiger partial charge in [0.1, 0.15) is 6.54 Å². The van der Waals surface area contributed by atoms with Gasteiger partial charge in [0.25, 0.3) is 5.56 Å². The zero-order chi connectivity index (χ0) is 20.5. The first-order valence-electron chi connectivity index (χ1n) is 9.20. The summed E-state index contributed by atoms with van der Waals surface area (Å²) in [6, 6.07) is 8.39. The summed E-state index contributed by atoms with van der Waals surface area (Å²) in [4.78, 5) is 42.5. The zero-order valence-corrected chi connectivity index (χ0v) is 16.0. The highest BCUT2D eigenvalue weighted by molar-refractivity contribution is 5.79. The van der Waals surface area contributed by atoms with Crippen LogP contribution in [0.2, 0.25) is 0 Å². The molecule has 1 N–H and O–H groups in total. The van der Waals surface area contributed by atoms with E-state index in [1.807, 2.05) is 13.8 Å². The summed E-state index contributed by atoms with van der Waals surface area (Å²) in [5, 5.41) is 2.76. The first-order chi connectivity index (χ1) is 13.9. The molecule has 4 rings (SSSR count). The molecule has 9 heteroatoms. The number of ether oxygens (including phenoxy) is 2. The lowest BCUT2D eigenvalue weighted by atomic mass is 10.2. The number of hydrogen-bond acceptors (Lipinski definition) is 6. The van der Waals surface area contributed by atoms with Crippen molar-refractivity contribution in [1.29, 1.82) is 0 Å². The van der Waals surface area contributed by atoms with Crippen molar-refractivity contribution in [3.63, 3.8) is 0 Å². The zero-order valence-electron chi connectivity index (χ0n) is 16.0. The van der Waals surface area contributed by atoms with E-state index in [1.54, 1.807) is 30.3 Å². The van der Waals surface area contributed by atoms with Gasteiger partial charge in [-0.15, -0.1) is 0 Å². The quantitative estimate of drug-likeness (QED) is 0.686. The lowest BCUT2D eigenvalue weighted by Gasteiger charge is -2.15. The van der Waals surface area contributed by atoms with Crippen LogP contribution in [0.25, 0.3) is 11.0 Å². The van der Waals surface area contributed by atoms with Gasteiger partial charge in [0, 0.05) is 12.2 Å². The van der Waals surface area contributed by atoms with Gasteiger partial charge >= 0.3 is 5.69 Å². The Hall–Kier alpha value is -3.62. The molecule has 1 aromatic carbocycles. The van der Waals surface area contributed by atoms with E-state index in [2.05, 4.69) is 10.3 Å². The molecule has 3 aromatic rings. The van der Waals surface area contributed by atoms with Crippen molar-refractivity contribution in [2.45, 2.75) is 33.0 Å². The molecule has 0 fully saturated rings. The predicted molar refractivity (Wildman–Crippen MR) is 105 cm³/mol. The van der Waals surface area contributed by atoms with E-state index in [0.717, 1.165) is 4.57 Å². The van der Waals surface area contributed by atoms with Gasteiger partial charge in [0.05, 0.1) is 12.1 Å². The van der Waals surface area contributed by atoms with Gasteiger partial charge in [-0.2, -0.15) is 0 Å². The van der Waals surface area contributed by atoms with Crippen molar-refractivity contribution in [2.75, 3.05) is 6.79 Å². The van der Waals surface area contributed by atoms with Crippen molar-refractivity contribution in [3.8, 4) is 11.5 Å². The van der Waals surface area contributed by atoms with Gasteiger partial charge < -0.3 is 14.8 Å². The van der Waals surface area contributed by atoms with Crippen LogP contribution >= 0.6 is 0 Å². The summed E-state index contributed by atoms with van der Waals surface area (Å²) in [7, 11) is 0. The van der Waals surface area contributed by atoms with Gasteiger partial charge in [-0.1, -0.05) is 6.07 Å².